The van der Waals surface area contributed by atoms with Gasteiger partial charge in [-0.2, -0.15) is 0 Å². The van der Waals surface area contributed by atoms with Gasteiger partial charge in [0.2, 0.25) is 5.91 Å². The molecule has 0 atom stereocenters. The van der Waals surface area contributed by atoms with Crippen molar-refractivity contribution in [3.63, 3.8) is 0 Å². The van der Waals surface area contributed by atoms with Crippen LogP contribution in [0.5, 0.6) is 0 Å². The van der Waals surface area contributed by atoms with E-state index in [0.29, 0.717) is 17.7 Å². The van der Waals surface area contributed by atoms with Crippen molar-refractivity contribution < 1.29 is 14.3 Å². The number of esters is 1. The van der Waals surface area contributed by atoms with Crippen LogP contribution < -0.4 is 10.6 Å². The van der Waals surface area contributed by atoms with Gasteiger partial charge in [-0.25, -0.2) is 4.79 Å². The molecule has 0 bridgehead atoms. The Morgan fingerprint density at radius 1 is 1.23 bits per heavy atom. The molecule has 26 heavy (non-hydrogen) atoms. The maximum atomic E-state index is 12.8. The number of amides is 1. The molecule has 5 heteroatoms. The molecule has 1 aromatic carbocycles. The highest BCUT2D eigenvalue weighted by Gasteiger charge is 2.40. The zero-order valence-corrected chi connectivity index (χ0v) is 16.9. The van der Waals surface area contributed by atoms with Crippen molar-refractivity contribution >= 4 is 23.1 Å². The summed E-state index contributed by atoms with van der Waals surface area (Å²) in [4.78, 5) is 27.0. The summed E-state index contributed by atoms with van der Waals surface area (Å²) >= 11 is 0. The minimum Gasteiger partial charge on any atom is -0.456 e. The van der Waals surface area contributed by atoms with E-state index >= 15 is 0 Å². The van der Waals surface area contributed by atoms with Gasteiger partial charge in [0.1, 0.15) is 5.60 Å². The summed E-state index contributed by atoms with van der Waals surface area (Å²) in [5.74, 6) is -0.359. The fourth-order valence-corrected chi connectivity index (χ4v) is 3.29. The van der Waals surface area contributed by atoms with Crippen LogP contribution in [-0.4, -0.2) is 23.0 Å². The first-order chi connectivity index (χ1) is 11.9. The van der Waals surface area contributed by atoms with Gasteiger partial charge >= 0.3 is 5.97 Å². The van der Waals surface area contributed by atoms with Crippen molar-refractivity contribution in [2.45, 2.75) is 72.4 Å². The molecule has 0 saturated heterocycles. The van der Waals surface area contributed by atoms with E-state index < -0.39 is 11.1 Å². The maximum absolute atomic E-state index is 12.8. The van der Waals surface area contributed by atoms with Crippen molar-refractivity contribution in [2.75, 3.05) is 4.90 Å². The van der Waals surface area contributed by atoms with Crippen molar-refractivity contribution in [2.24, 2.45) is 5.73 Å². The molecule has 5 nitrogen and oxygen atoms in total. The van der Waals surface area contributed by atoms with Crippen LogP contribution >= 0.6 is 0 Å². The van der Waals surface area contributed by atoms with E-state index in [1.807, 2.05) is 54.5 Å². The van der Waals surface area contributed by atoms with Crippen molar-refractivity contribution in [1.29, 1.82) is 0 Å². The highest BCUT2D eigenvalue weighted by molar-refractivity contribution is 6.02. The summed E-state index contributed by atoms with van der Waals surface area (Å²) < 4.78 is 5.46. The molecule has 142 valence electrons. The monoisotopic (exact) mass is 358 g/mol. The molecule has 2 rings (SSSR count). The van der Waals surface area contributed by atoms with Crippen molar-refractivity contribution in [1.82, 2.24) is 0 Å². The Balaban J connectivity index is 2.57. The zero-order valence-electron chi connectivity index (χ0n) is 16.9. The second-order valence-corrected chi connectivity index (χ2v) is 8.31. The Morgan fingerprint density at radius 2 is 1.85 bits per heavy atom. The molecule has 0 aliphatic carbocycles. The standard InChI is InChI=1S/C21H30N2O3/c1-8-9-17(24)23-16-11-10-14(19(25)26-20(3,4)5)12-15(16)13(2)18(22)21(23,6)7/h10-12H,8-9,22H2,1-7H3. The van der Waals surface area contributed by atoms with E-state index in [9.17, 15) is 9.59 Å². The molecule has 2 N–H and O–H groups in total. The van der Waals surface area contributed by atoms with Crippen LogP contribution in [0.2, 0.25) is 0 Å². The van der Waals surface area contributed by atoms with Crippen LogP contribution in [0.3, 0.4) is 0 Å². The van der Waals surface area contributed by atoms with Gasteiger partial charge in [0, 0.05) is 17.7 Å². The van der Waals surface area contributed by atoms with E-state index in [0.717, 1.165) is 23.2 Å². The Morgan fingerprint density at radius 3 is 2.38 bits per heavy atom. The fourth-order valence-electron chi connectivity index (χ4n) is 3.29. The van der Waals surface area contributed by atoms with Gasteiger partial charge in [-0.1, -0.05) is 6.92 Å². The third kappa shape index (κ3) is 3.62. The zero-order chi connectivity index (χ0) is 19.9. The van der Waals surface area contributed by atoms with Crippen LogP contribution in [0.1, 0.15) is 77.2 Å². The van der Waals surface area contributed by atoms with Crippen LogP contribution in [-0.2, 0) is 9.53 Å². The molecule has 1 heterocycles. The number of carbonyl (C=O) groups is 2. The number of ether oxygens (including phenoxy) is 1. The lowest BCUT2D eigenvalue weighted by atomic mass is 9.84. The number of hydrogen-bond acceptors (Lipinski definition) is 4. The van der Waals surface area contributed by atoms with E-state index in [1.54, 1.807) is 17.0 Å². The SMILES string of the molecule is CCCC(=O)N1c2ccc(C(=O)OC(C)(C)C)cc2C(C)=C(N)C1(C)C. The Kier molecular flexibility index (Phi) is 5.22. The maximum Gasteiger partial charge on any atom is 0.338 e. The molecule has 0 fully saturated rings. The van der Waals surface area contributed by atoms with E-state index in [4.69, 9.17) is 10.5 Å². The number of nitrogens with zero attached hydrogens (tertiary/aromatic N) is 1. The van der Waals surface area contributed by atoms with Crippen LogP contribution in [0.15, 0.2) is 23.9 Å². The molecule has 1 aromatic rings. The van der Waals surface area contributed by atoms with Gasteiger partial charge in [0.25, 0.3) is 0 Å². The van der Waals surface area contributed by atoms with Crippen LogP contribution in [0.25, 0.3) is 5.57 Å². The summed E-state index contributed by atoms with van der Waals surface area (Å²) in [7, 11) is 0. The molecule has 1 aliphatic rings. The predicted molar refractivity (Wildman–Crippen MR) is 105 cm³/mol. The topological polar surface area (TPSA) is 72.6 Å². The predicted octanol–water partition coefficient (Wildman–Crippen LogP) is 4.26. The van der Waals surface area contributed by atoms with Gasteiger partial charge in [-0.05, 0) is 71.7 Å². The Hall–Kier alpha value is -2.30. The molecular weight excluding hydrogens is 328 g/mol. The third-order valence-electron chi connectivity index (χ3n) is 4.61. The van der Waals surface area contributed by atoms with Crippen LogP contribution in [0.4, 0.5) is 5.69 Å². The lowest BCUT2D eigenvalue weighted by molar-refractivity contribution is -0.119. The van der Waals surface area contributed by atoms with Crippen LogP contribution in [0, 0.1) is 0 Å². The van der Waals surface area contributed by atoms with Crippen molar-refractivity contribution in [3.05, 3.63) is 35.0 Å². The number of rotatable bonds is 3. The molecule has 1 aliphatic heterocycles. The molecule has 0 spiro atoms. The molecule has 1 amide bonds. The minimum atomic E-state index is -0.614. The van der Waals surface area contributed by atoms with Crippen molar-refractivity contribution in [3.8, 4) is 0 Å². The quantitative estimate of drug-likeness (QED) is 0.820. The third-order valence-corrected chi connectivity index (χ3v) is 4.61. The molecule has 0 unspecified atom stereocenters. The van der Waals surface area contributed by atoms with Gasteiger partial charge < -0.3 is 15.4 Å². The fraction of sp³-hybridized carbons (Fsp3) is 0.524. The number of hydrogen-bond donors (Lipinski definition) is 1. The smallest absolute Gasteiger partial charge is 0.338 e. The highest BCUT2D eigenvalue weighted by Crippen LogP contribution is 2.42. The molecule has 0 aromatic heterocycles. The van der Waals surface area contributed by atoms with E-state index in [-0.39, 0.29) is 11.9 Å². The average Bonchev–Trinajstić information content (AvgIpc) is 2.51. The van der Waals surface area contributed by atoms with Gasteiger partial charge in [0.15, 0.2) is 0 Å². The second kappa shape index (κ2) is 6.78. The Bertz CT molecular complexity index is 770. The lowest BCUT2D eigenvalue weighted by Gasteiger charge is -2.44. The molecule has 0 radical (unpaired) electrons. The average molecular weight is 358 g/mol. The lowest BCUT2D eigenvalue weighted by Crippen LogP contribution is -2.53. The first-order valence-electron chi connectivity index (χ1n) is 9.07. The molecule has 0 saturated carbocycles. The number of benzene rings is 1. The number of allylic oxidation sites excluding steroid dienone is 1. The minimum absolute atomic E-state index is 0.0271. The van der Waals surface area contributed by atoms with Gasteiger partial charge in [0.05, 0.1) is 16.8 Å². The summed E-state index contributed by atoms with van der Waals surface area (Å²) in [6.45, 7) is 13.3. The number of anilines is 1. The summed E-state index contributed by atoms with van der Waals surface area (Å²) in [5, 5.41) is 0. The number of nitrogens with two attached hydrogens (primary N) is 1. The first-order valence-corrected chi connectivity index (χ1v) is 9.07. The number of carbonyl (C=O) groups excluding carboxylic acids is 2. The number of fused-ring (bicyclic) bond motifs is 1. The summed E-state index contributed by atoms with van der Waals surface area (Å²) in [6, 6.07) is 5.30. The second-order valence-electron chi connectivity index (χ2n) is 8.31. The molecular formula is C21H30N2O3. The van der Waals surface area contributed by atoms with E-state index in [2.05, 4.69) is 0 Å². The highest BCUT2D eigenvalue weighted by atomic mass is 16.6. The summed E-state index contributed by atoms with van der Waals surface area (Å²) in [5.41, 5.74) is 8.77. The summed E-state index contributed by atoms with van der Waals surface area (Å²) in [6.07, 6.45) is 1.21. The normalized spacial score (nSPS) is 16.3. The first kappa shape index (κ1) is 20.0. The Labute approximate surface area is 156 Å². The largest absolute Gasteiger partial charge is 0.456 e. The van der Waals surface area contributed by atoms with Gasteiger partial charge in [-0.3, -0.25) is 4.79 Å². The van der Waals surface area contributed by atoms with E-state index in [1.165, 1.54) is 0 Å². The van der Waals surface area contributed by atoms with Gasteiger partial charge in [-0.15, -0.1) is 0 Å².